The Morgan fingerprint density at radius 2 is 1.86 bits per heavy atom. The Balaban J connectivity index is 1.70. The van der Waals surface area contributed by atoms with E-state index in [1.54, 1.807) is 4.68 Å². The molecule has 0 spiro atoms. The van der Waals surface area contributed by atoms with Crippen LogP contribution in [0.4, 0.5) is 5.95 Å². The fourth-order valence-corrected chi connectivity index (χ4v) is 2.51. The van der Waals surface area contributed by atoms with E-state index in [2.05, 4.69) is 31.2 Å². The molecule has 0 bridgehead atoms. The summed E-state index contributed by atoms with van der Waals surface area (Å²) in [5.41, 5.74) is 0.979. The van der Waals surface area contributed by atoms with E-state index < -0.39 is 0 Å². The van der Waals surface area contributed by atoms with Crippen molar-refractivity contribution >= 4 is 5.95 Å². The number of aromatic nitrogens is 4. The number of tetrazole rings is 1. The van der Waals surface area contributed by atoms with Crippen LogP contribution in [-0.4, -0.2) is 57.8 Å². The van der Waals surface area contributed by atoms with E-state index in [0.29, 0.717) is 0 Å². The molecule has 0 atom stereocenters. The standard InChI is InChI=1S/C15H18N6/c1-2-3-9-19-10-12-20(13-11-19)15-16-17-18-21(15)14-7-5-4-6-8-14/h1,4-8H,3,9-13H2. The van der Waals surface area contributed by atoms with Gasteiger partial charge in [0.2, 0.25) is 5.95 Å². The first-order valence-corrected chi connectivity index (χ1v) is 7.13. The quantitative estimate of drug-likeness (QED) is 0.777. The van der Waals surface area contributed by atoms with Crippen LogP contribution >= 0.6 is 0 Å². The molecule has 1 aliphatic heterocycles. The predicted molar refractivity (Wildman–Crippen MR) is 81.3 cm³/mol. The van der Waals surface area contributed by atoms with E-state index >= 15 is 0 Å². The van der Waals surface area contributed by atoms with Gasteiger partial charge in [-0.2, -0.15) is 4.68 Å². The molecule has 6 heteroatoms. The Kier molecular flexibility index (Phi) is 4.12. The molecular formula is C15H18N6. The summed E-state index contributed by atoms with van der Waals surface area (Å²) in [6.07, 6.45) is 6.12. The van der Waals surface area contributed by atoms with Crippen molar-refractivity contribution in [3.8, 4) is 18.0 Å². The van der Waals surface area contributed by atoms with Gasteiger partial charge in [0.15, 0.2) is 0 Å². The van der Waals surface area contributed by atoms with Crippen molar-refractivity contribution < 1.29 is 0 Å². The topological polar surface area (TPSA) is 50.1 Å². The van der Waals surface area contributed by atoms with Gasteiger partial charge in [0, 0.05) is 39.1 Å². The molecule has 2 heterocycles. The summed E-state index contributed by atoms with van der Waals surface area (Å²) >= 11 is 0. The van der Waals surface area contributed by atoms with Crippen molar-refractivity contribution in [3.63, 3.8) is 0 Å². The van der Waals surface area contributed by atoms with Crippen LogP contribution in [0.1, 0.15) is 6.42 Å². The summed E-state index contributed by atoms with van der Waals surface area (Å²) < 4.78 is 1.79. The second kappa shape index (κ2) is 6.37. The number of benzene rings is 1. The van der Waals surface area contributed by atoms with E-state index in [9.17, 15) is 0 Å². The molecule has 0 N–H and O–H groups in total. The molecule has 1 fully saturated rings. The third kappa shape index (κ3) is 3.03. The third-order valence-electron chi connectivity index (χ3n) is 3.68. The molecular weight excluding hydrogens is 264 g/mol. The zero-order valence-corrected chi connectivity index (χ0v) is 11.9. The van der Waals surface area contributed by atoms with Gasteiger partial charge in [-0.25, -0.2) is 0 Å². The molecule has 1 aromatic carbocycles. The van der Waals surface area contributed by atoms with Crippen molar-refractivity contribution in [1.82, 2.24) is 25.1 Å². The maximum Gasteiger partial charge on any atom is 0.250 e. The minimum atomic E-state index is 0.804. The van der Waals surface area contributed by atoms with Crippen LogP contribution in [0.25, 0.3) is 5.69 Å². The van der Waals surface area contributed by atoms with Crippen molar-refractivity contribution in [2.45, 2.75) is 6.42 Å². The monoisotopic (exact) mass is 282 g/mol. The van der Waals surface area contributed by atoms with Crippen LogP contribution in [0.5, 0.6) is 0 Å². The SMILES string of the molecule is C#CCCN1CCN(c2nnnn2-c2ccccc2)CC1. The van der Waals surface area contributed by atoms with E-state index in [1.165, 1.54) is 0 Å². The summed E-state index contributed by atoms with van der Waals surface area (Å²) in [6.45, 7) is 4.77. The highest BCUT2D eigenvalue weighted by Crippen LogP contribution is 2.16. The molecule has 1 aromatic heterocycles. The number of terminal acetylenes is 1. The lowest BCUT2D eigenvalue weighted by atomic mass is 10.3. The number of nitrogens with zero attached hydrogens (tertiary/aromatic N) is 6. The number of anilines is 1. The van der Waals surface area contributed by atoms with Gasteiger partial charge in [0.05, 0.1) is 5.69 Å². The Labute approximate surface area is 124 Å². The Morgan fingerprint density at radius 3 is 2.57 bits per heavy atom. The van der Waals surface area contributed by atoms with Crippen LogP contribution in [0.15, 0.2) is 30.3 Å². The van der Waals surface area contributed by atoms with Gasteiger partial charge >= 0.3 is 0 Å². The molecule has 1 aliphatic rings. The zero-order chi connectivity index (χ0) is 14.5. The molecule has 0 saturated carbocycles. The van der Waals surface area contributed by atoms with E-state index in [4.69, 9.17) is 6.42 Å². The highest BCUT2D eigenvalue weighted by molar-refractivity contribution is 5.40. The summed E-state index contributed by atoms with van der Waals surface area (Å²) in [6, 6.07) is 9.96. The van der Waals surface area contributed by atoms with Gasteiger partial charge in [-0.3, -0.25) is 4.90 Å². The molecule has 0 aliphatic carbocycles. The average Bonchev–Trinajstić information content (AvgIpc) is 3.04. The Bertz CT molecular complexity index is 607. The Morgan fingerprint density at radius 1 is 1.10 bits per heavy atom. The normalized spacial score (nSPS) is 15.9. The summed E-state index contributed by atoms with van der Waals surface area (Å²) in [4.78, 5) is 4.60. The number of para-hydroxylation sites is 1. The molecule has 0 radical (unpaired) electrons. The Hall–Kier alpha value is -2.39. The first-order chi connectivity index (χ1) is 10.4. The average molecular weight is 282 g/mol. The minimum Gasteiger partial charge on any atom is -0.337 e. The van der Waals surface area contributed by atoms with E-state index in [0.717, 1.165) is 50.8 Å². The summed E-state index contributed by atoms with van der Waals surface area (Å²) in [7, 11) is 0. The van der Waals surface area contributed by atoms with Crippen LogP contribution in [0, 0.1) is 12.3 Å². The largest absolute Gasteiger partial charge is 0.337 e. The maximum atomic E-state index is 5.32. The van der Waals surface area contributed by atoms with Crippen LogP contribution in [-0.2, 0) is 0 Å². The van der Waals surface area contributed by atoms with E-state index in [-0.39, 0.29) is 0 Å². The second-order valence-corrected chi connectivity index (χ2v) is 5.01. The zero-order valence-electron chi connectivity index (χ0n) is 11.9. The van der Waals surface area contributed by atoms with Gasteiger partial charge in [0.25, 0.3) is 0 Å². The van der Waals surface area contributed by atoms with Gasteiger partial charge in [0.1, 0.15) is 0 Å². The molecule has 2 aromatic rings. The lowest BCUT2D eigenvalue weighted by Crippen LogP contribution is -2.47. The van der Waals surface area contributed by atoms with Crippen LogP contribution in [0.2, 0.25) is 0 Å². The van der Waals surface area contributed by atoms with E-state index in [1.807, 2.05) is 30.3 Å². The molecule has 0 unspecified atom stereocenters. The van der Waals surface area contributed by atoms with Gasteiger partial charge in [-0.1, -0.05) is 23.3 Å². The van der Waals surface area contributed by atoms with Crippen molar-refractivity contribution in [3.05, 3.63) is 30.3 Å². The predicted octanol–water partition coefficient (Wildman–Crippen LogP) is 0.808. The first kappa shape index (κ1) is 13.6. The summed E-state index contributed by atoms with van der Waals surface area (Å²) in [5.74, 6) is 3.50. The van der Waals surface area contributed by atoms with Crippen molar-refractivity contribution in [1.29, 1.82) is 0 Å². The lowest BCUT2D eigenvalue weighted by Gasteiger charge is -2.34. The van der Waals surface area contributed by atoms with Gasteiger partial charge in [-0.15, -0.1) is 12.3 Å². The lowest BCUT2D eigenvalue weighted by molar-refractivity contribution is 0.262. The molecule has 3 rings (SSSR count). The smallest absolute Gasteiger partial charge is 0.250 e. The van der Waals surface area contributed by atoms with Gasteiger partial charge < -0.3 is 4.90 Å². The first-order valence-electron chi connectivity index (χ1n) is 7.13. The molecule has 21 heavy (non-hydrogen) atoms. The number of hydrogen-bond acceptors (Lipinski definition) is 5. The molecule has 0 amide bonds. The molecule has 6 nitrogen and oxygen atoms in total. The van der Waals surface area contributed by atoms with Crippen LogP contribution < -0.4 is 4.90 Å². The minimum absolute atomic E-state index is 0.804. The second-order valence-electron chi connectivity index (χ2n) is 5.01. The van der Waals surface area contributed by atoms with Crippen LogP contribution in [0.3, 0.4) is 0 Å². The number of rotatable bonds is 4. The highest BCUT2D eigenvalue weighted by atomic mass is 15.6. The fourth-order valence-electron chi connectivity index (χ4n) is 2.51. The molecule has 108 valence electrons. The number of hydrogen-bond donors (Lipinski definition) is 0. The molecule has 1 saturated heterocycles. The summed E-state index contributed by atoms with van der Waals surface area (Å²) in [5, 5.41) is 12.1. The highest BCUT2D eigenvalue weighted by Gasteiger charge is 2.21. The third-order valence-corrected chi connectivity index (χ3v) is 3.68. The fraction of sp³-hybridized carbons (Fsp3) is 0.400. The van der Waals surface area contributed by atoms with Gasteiger partial charge in [-0.05, 0) is 22.6 Å². The maximum absolute atomic E-state index is 5.32. The van der Waals surface area contributed by atoms with Crippen molar-refractivity contribution in [2.24, 2.45) is 0 Å². The number of piperazine rings is 1. The van der Waals surface area contributed by atoms with Crippen molar-refractivity contribution in [2.75, 3.05) is 37.6 Å².